The van der Waals surface area contributed by atoms with Gasteiger partial charge in [-0.3, -0.25) is 0 Å². The number of rotatable bonds is 2. The second kappa shape index (κ2) is 6.48. The van der Waals surface area contributed by atoms with E-state index < -0.39 is 0 Å². The average molecular weight is 421 g/mol. The quantitative estimate of drug-likeness (QED) is 0.327. The van der Waals surface area contributed by atoms with Gasteiger partial charge in [0, 0.05) is 11.1 Å². The summed E-state index contributed by atoms with van der Waals surface area (Å²) in [5, 5.41) is 0. The monoisotopic (exact) mass is 421 g/mol. The molecule has 0 saturated heterocycles. The lowest BCUT2D eigenvalue weighted by molar-refractivity contribution is 0.898. The SMILES string of the molecule is CC1=C(I)[C+](c2ccccc2)c2ccccc2C1c1ccccc1. The summed E-state index contributed by atoms with van der Waals surface area (Å²) in [6, 6.07) is 30.4. The highest BCUT2D eigenvalue weighted by atomic mass is 127. The third-order valence-corrected chi connectivity index (χ3v) is 6.13. The fraction of sp³-hybridized carbons (Fsp3) is 0.0870. The molecule has 116 valence electrons. The Kier molecular flexibility index (Phi) is 4.19. The van der Waals surface area contributed by atoms with Crippen LogP contribution in [0.15, 0.2) is 94.1 Å². The standard InChI is InChI=1S/C23H18I/c1-16-21(17-10-4-2-5-11-17)19-14-8-9-15-20(19)22(23(16)24)18-12-6-3-7-13-18/h2-15,21H,1H3/q+1. The zero-order valence-corrected chi connectivity index (χ0v) is 15.7. The second-order valence-corrected chi connectivity index (χ2v) is 7.25. The molecule has 3 aromatic carbocycles. The van der Waals surface area contributed by atoms with Gasteiger partial charge in [0.25, 0.3) is 0 Å². The molecule has 0 amide bonds. The fourth-order valence-electron chi connectivity index (χ4n) is 3.61. The van der Waals surface area contributed by atoms with Crippen molar-refractivity contribution in [1.29, 1.82) is 0 Å². The number of hydrogen-bond donors (Lipinski definition) is 0. The van der Waals surface area contributed by atoms with E-state index in [-0.39, 0.29) is 0 Å². The summed E-state index contributed by atoms with van der Waals surface area (Å²) in [6.45, 7) is 2.28. The Labute approximate surface area is 157 Å². The molecule has 0 aromatic heterocycles. The lowest BCUT2D eigenvalue weighted by Gasteiger charge is -2.28. The van der Waals surface area contributed by atoms with Crippen molar-refractivity contribution in [3.05, 3.63) is 122 Å². The minimum Gasteiger partial charge on any atom is -0.0622 e. The van der Waals surface area contributed by atoms with Gasteiger partial charge in [0.15, 0.2) is 0 Å². The van der Waals surface area contributed by atoms with E-state index >= 15 is 0 Å². The first-order chi connectivity index (χ1) is 11.8. The molecule has 24 heavy (non-hydrogen) atoms. The van der Waals surface area contributed by atoms with Gasteiger partial charge >= 0.3 is 0 Å². The summed E-state index contributed by atoms with van der Waals surface area (Å²) in [7, 11) is 0. The highest BCUT2D eigenvalue weighted by Crippen LogP contribution is 2.49. The van der Waals surface area contributed by atoms with Gasteiger partial charge in [0.05, 0.1) is 26.5 Å². The van der Waals surface area contributed by atoms with Crippen LogP contribution in [0.5, 0.6) is 0 Å². The summed E-state index contributed by atoms with van der Waals surface area (Å²) in [5.41, 5.74) is 6.84. The van der Waals surface area contributed by atoms with Crippen molar-refractivity contribution in [2.75, 3.05) is 0 Å². The molecule has 1 heteroatoms. The van der Waals surface area contributed by atoms with Crippen molar-refractivity contribution < 1.29 is 0 Å². The summed E-state index contributed by atoms with van der Waals surface area (Å²) in [6.07, 6.45) is 0. The van der Waals surface area contributed by atoms with Crippen LogP contribution in [0.25, 0.3) is 0 Å². The van der Waals surface area contributed by atoms with Crippen LogP contribution in [0.4, 0.5) is 0 Å². The third-order valence-electron chi connectivity index (χ3n) is 4.74. The molecule has 0 N–H and O–H groups in total. The second-order valence-electron chi connectivity index (χ2n) is 6.17. The zero-order valence-electron chi connectivity index (χ0n) is 13.5. The highest BCUT2D eigenvalue weighted by molar-refractivity contribution is 14.1. The smallest absolute Gasteiger partial charge is 0.0622 e. The van der Waals surface area contributed by atoms with E-state index in [1.54, 1.807) is 0 Å². The van der Waals surface area contributed by atoms with E-state index in [0.717, 1.165) is 0 Å². The molecule has 3 aromatic rings. The lowest BCUT2D eigenvalue weighted by Crippen LogP contribution is -2.18. The first-order valence-electron chi connectivity index (χ1n) is 8.20. The lowest BCUT2D eigenvalue weighted by atomic mass is 9.73. The van der Waals surface area contributed by atoms with Crippen molar-refractivity contribution in [2.45, 2.75) is 12.8 Å². The van der Waals surface area contributed by atoms with Crippen LogP contribution in [0, 0.1) is 5.92 Å². The fourth-order valence-corrected chi connectivity index (χ4v) is 4.53. The van der Waals surface area contributed by atoms with E-state index in [9.17, 15) is 0 Å². The molecule has 1 aliphatic carbocycles. The van der Waals surface area contributed by atoms with E-state index in [2.05, 4.69) is 114 Å². The predicted molar refractivity (Wildman–Crippen MR) is 109 cm³/mol. The molecule has 0 heterocycles. The van der Waals surface area contributed by atoms with E-state index in [0.29, 0.717) is 5.92 Å². The van der Waals surface area contributed by atoms with E-state index in [1.807, 2.05) is 0 Å². The van der Waals surface area contributed by atoms with E-state index in [4.69, 9.17) is 0 Å². The maximum absolute atomic E-state index is 2.53. The van der Waals surface area contributed by atoms with Crippen molar-refractivity contribution in [3.63, 3.8) is 0 Å². The Morgan fingerprint density at radius 3 is 2.04 bits per heavy atom. The maximum Gasteiger partial charge on any atom is 0.0773 e. The van der Waals surface area contributed by atoms with Crippen molar-refractivity contribution in [1.82, 2.24) is 0 Å². The molecule has 1 aliphatic rings. The van der Waals surface area contributed by atoms with Gasteiger partial charge < -0.3 is 0 Å². The summed E-state index contributed by atoms with van der Waals surface area (Å²) in [5.74, 6) is 1.69. The molecular formula is C23H18I+. The molecule has 0 radical (unpaired) electrons. The Morgan fingerprint density at radius 2 is 1.33 bits per heavy atom. The molecule has 1 atom stereocenters. The predicted octanol–water partition coefficient (Wildman–Crippen LogP) is 6.51. The van der Waals surface area contributed by atoms with E-state index in [1.165, 1.54) is 37.3 Å². The van der Waals surface area contributed by atoms with Crippen LogP contribution in [0.3, 0.4) is 0 Å². The topological polar surface area (TPSA) is 0 Å². The number of fused-ring (bicyclic) bond motifs is 1. The minimum absolute atomic E-state index is 0.335. The van der Waals surface area contributed by atoms with Gasteiger partial charge in [0.2, 0.25) is 0 Å². The normalized spacial score (nSPS) is 16.9. The molecule has 0 nitrogen and oxygen atoms in total. The molecule has 0 fully saturated rings. The van der Waals surface area contributed by atoms with Gasteiger partial charge in [-0.25, -0.2) is 0 Å². The van der Waals surface area contributed by atoms with Crippen LogP contribution in [0.1, 0.15) is 35.1 Å². The highest BCUT2D eigenvalue weighted by Gasteiger charge is 2.38. The first kappa shape index (κ1) is 15.5. The minimum atomic E-state index is 0.335. The van der Waals surface area contributed by atoms with Crippen molar-refractivity contribution >= 4 is 22.6 Å². The first-order valence-corrected chi connectivity index (χ1v) is 9.28. The maximum atomic E-state index is 2.53. The van der Waals surface area contributed by atoms with Gasteiger partial charge in [-0.1, -0.05) is 30.3 Å². The Morgan fingerprint density at radius 1 is 0.750 bits per heavy atom. The summed E-state index contributed by atoms with van der Waals surface area (Å²) in [4.78, 5) is 0. The Hall–Kier alpha value is -2.00. The van der Waals surface area contributed by atoms with Crippen LogP contribution in [-0.4, -0.2) is 0 Å². The molecule has 0 aliphatic heterocycles. The van der Waals surface area contributed by atoms with Gasteiger partial charge in [-0.05, 0) is 89.7 Å². The summed E-state index contributed by atoms with van der Waals surface area (Å²) >= 11 is 2.53. The molecule has 4 rings (SSSR count). The molecule has 0 bridgehead atoms. The largest absolute Gasteiger partial charge is 0.0773 e. The molecular weight excluding hydrogens is 403 g/mol. The number of hydrogen-bond acceptors (Lipinski definition) is 0. The zero-order chi connectivity index (χ0) is 16.5. The summed E-state index contributed by atoms with van der Waals surface area (Å²) < 4.78 is 1.37. The molecule has 1 unspecified atom stereocenters. The van der Waals surface area contributed by atoms with Gasteiger partial charge in [-0.2, -0.15) is 0 Å². The van der Waals surface area contributed by atoms with Gasteiger partial charge in [-0.15, -0.1) is 0 Å². The van der Waals surface area contributed by atoms with Crippen molar-refractivity contribution in [3.8, 4) is 0 Å². The van der Waals surface area contributed by atoms with Gasteiger partial charge in [0.1, 0.15) is 0 Å². The third kappa shape index (κ3) is 2.57. The average Bonchev–Trinajstić information content (AvgIpc) is 2.64. The number of allylic oxidation sites excluding steroid dienone is 2. The van der Waals surface area contributed by atoms with Crippen molar-refractivity contribution in [2.24, 2.45) is 0 Å². The number of halogens is 1. The molecule has 0 saturated carbocycles. The molecule has 0 spiro atoms. The number of benzene rings is 3. The van der Waals surface area contributed by atoms with Crippen LogP contribution >= 0.6 is 22.6 Å². The van der Waals surface area contributed by atoms with Crippen LogP contribution in [0.2, 0.25) is 0 Å². The Bertz CT molecular complexity index is 804. The Balaban J connectivity index is 1.94. The van der Waals surface area contributed by atoms with Crippen LogP contribution in [-0.2, 0) is 0 Å². The van der Waals surface area contributed by atoms with Crippen LogP contribution < -0.4 is 0 Å².